The predicted octanol–water partition coefficient (Wildman–Crippen LogP) is 5.69. The number of nitrogens with one attached hydrogen (secondary N) is 1. The SMILES string of the molecule is CCCNC(c1cc(Cl)c(Br)cc1F)c1ccoc1Br. The molecule has 0 saturated heterocycles. The summed E-state index contributed by atoms with van der Waals surface area (Å²) in [4.78, 5) is 0. The van der Waals surface area contributed by atoms with Crippen LogP contribution in [0.5, 0.6) is 0 Å². The number of hydrogen-bond donors (Lipinski definition) is 1. The largest absolute Gasteiger partial charge is 0.457 e. The third-order valence-electron chi connectivity index (χ3n) is 2.91. The van der Waals surface area contributed by atoms with Crippen LogP contribution in [0.4, 0.5) is 4.39 Å². The molecule has 2 aromatic rings. The van der Waals surface area contributed by atoms with Gasteiger partial charge in [0.15, 0.2) is 4.67 Å². The zero-order valence-corrected chi connectivity index (χ0v) is 14.6. The van der Waals surface area contributed by atoms with E-state index in [1.54, 1.807) is 12.3 Å². The van der Waals surface area contributed by atoms with Crippen molar-refractivity contribution in [2.75, 3.05) is 6.54 Å². The van der Waals surface area contributed by atoms with E-state index in [2.05, 4.69) is 44.1 Å². The highest BCUT2D eigenvalue weighted by molar-refractivity contribution is 9.10. The molecule has 1 unspecified atom stereocenters. The van der Waals surface area contributed by atoms with Crippen molar-refractivity contribution in [3.05, 3.63) is 55.6 Å². The van der Waals surface area contributed by atoms with E-state index in [4.69, 9.17) is 16.0 Å². The monoisotopic (exact) mass is 423 g/mol. The molecule has 1 aromatic heterocycles. The topological polar surface area (TPSA) is 25.2 Å². The fourth-order valence-electron chi connectivity index (χ4n) is 1.95. The Morgan fingerprint density at radius 2 is 2.10 bits per heavy atom. The van der Waals surface area contributed by atoms with E-state index in [1.807, 2.05) is 6.07 Å². The first-order valence-electron chi connectivity index (χ1n) is 6.15. The van der Waals surface area contributed by atoms with Crippen molar-refractivity contribution in [3.63, 3.8) is 0 Å². The molecule has 1 heterocycles. The lowest BCUT2D eigenvalue weighted by Gasteiger charge is -2.19. The summed E-state index contributed by atoms with van der Waals surface area (Å²) in [7, 11) is 0. The smallest absolute Gasteiger partial charge is 0.174 e. The highest BCUT2D eigenvalue weighted by Gasteiger charge is 2.22. The quantitative estimate of drug-likeness (QED) is 0.623. The first-order valence-corrected chi connectivity index (χ1v) is 8.11. The van der Waals surface area contributed by atoms with Crippen LogP contribution in [0.1, 0.15) is 30.5 Å². The molecule has 1 N–H and O–H groups in total. The summed E-state index contributed by atoms with van der Waals surface area (Å²) < 4.78 is 20.6. The van der Waals surface area contributed by atoms with Crippen LogP contribution in [0.25, 0.3) is 0 Å². The van der Waals surface area contributed by atoms with Gasteiger partial charge in [-0.1, -0.05) is 18.5 Å². The number of rotatable bonds is 5. The van der Waals surface area contributed by atoms with Crippen LogP contribution in [0.15, 0.2) is 38.0 Å². The number of hydrogen-bond acceptors (Lipinski definition) is 2. The van der Waals surface area contributed by atoms with Gasteiger partial charge in [-0.2, -0.15) is 0 Å². The van der Waals surface area contributed by atoms with Crippen LogP contribution in [0.3, 0.4) is 0 Å². The summed E-state index contributed by atoms with van der Waals surface area (Å²) in [5, 5.41) is 3.79. The molecular formula is C14H13Br2ClFNO. The fourth-order valence-corrected chi connectivity index (χ4v) is 2.90. The van der Waals surface area contributed by atoms with Gasteiger partial charge in [0.1, 0.15) is 5.82 Å². The molecule has 0 saturated carbocycles. The van der Waals surface area contributed by atoms with Crippen molar-refractivity contribution < 1.29 is 8.81 Å². The Balaban J connectivity index is 2.46. The van der Waals surface area contributed by atoms with Gasteiger partial charge in [-0.3, -0.25) is 0 Å². The molecule has 20 heavy (non-hydrogen) atoms. The van der Waals surface area contributed by atoms with Gasteiger partial charge in [-0.25, -0.2) is 4.39 Å². The molecule has 0 fully saturated rings. The summed E-state index contributed by atoms with van der Waals surface area (Å²) in [5.74, 6) is -0.317. The van der Waals surface area contributed by atoms with Crippen LogP contribution in [-0.2, 0) is 0 Å². The van der Waals surface area contributed by atoms with Crippen molar-refractivity contribution in [1.82, 2.24) is 5.32 Å². The Hall–Kier alpha value is -0.360. The van der Waals surface area contributed by atoms with E-state index < -0.39 is 0 Å². The van der Waals surface area contributed by atoms with Gasteiger partial charge in [0, 0.05) is 15.6 Å². The highest BCUT2D eigenvalue weighted by Crippen LogP contribution is 2.34. The maximum Gasteiger partial charge on any atom is 0.174 e. The average molecular weight is 426 g/mol. The molecule has 6 heteroatoms. The number of furan rings is 1. The van der Waals surface area contributed by atoms with E-state index in [9.17, 15) is 4.39 Å². The molecule has 1 aromatic carbocycles. The van der Waals surface area contributed by atoms with E-state index in [1.165, 1.54) is 6.07 Å². The number of halogens is 4. The van der Waals surface area contributed by atoms with Gasteiger partial charge in [0.2, 0.25) is 0 Å². The summed E-state index contributed by atoms with van der Waals surface area (Å²) in [6, 6.07) is 4.51. The molecule has 0 radical (unpaired) electrons. The molecule has 0 aliphatic carbocycles. The highest BCUT2D eigenvalue weighted by atomic mass is 79.9. The van der Waals surface area contributed by atoms with Gasteiger partial charge in [-0.05, 0) is 63.0 Å². The maximum atomic E-state index is 14.3. The first kappa shape index (κ1) is 16.0. The van der Waals surface area contributed by atoms with Crippen LogP contribution >= 0.6 is 43.5 Å². The van der Waals surface area contributed by atoms with Crippen molar-refractivity contribution in [1.29, 1.82) is 0 Å². The Labute approximate surface area is 138 Å². The molecule has 0 bridgehead atoms. The zero-order valence-electron chi connectivity index (χ0n) is 10.7. The molecule has 108 valence electrons. The van der Waals surface area contributed by atoms with Crippen LogP contribution in [-0.4, -0.2) is 6.54 Å². The molecule has 0 spiro atoms. The molecule has 1 atom stereocenters. The van der Waals surface area contributed by atoms with Crippen molar-refractivity contribution in [2.24, 2.45) is 0 Å². The normalized spacial score (nSPS) is 12.7. The van der Waals surface area contributed by atoms with Gasteiger partial charge in [0.25, 0.3) is 0 Å². The summed E-state index contributed by atoms with van der Waals surface area (Å²) in [6.07, 6.45) is 2.51. The van der Waals surface area contributed by atoms with E-state index >= 15 is 0 Å². The third kappa shape index (κ3) is 3.45. The minimum absolute atomic E-state index is 0.311. The van der Waals surface area contributed by atoms with E-state index in [-0.39, 0.29) is 11.9 Å². The number of benzene rings is 1. The second kappa shape index (κ2) is 7.07. The molecule has 2 rings (SSSR count). The lowest BCUT2D eigenvalue weighted by Crippen LogP contribution is -2.24. The summed E-state index contributed by atoms with van der Waals surface area (Å²) in [6.45, 7) is 2.81. The lowest BCUT2D eigenvalue weighted by molar-refractivity contribution is 0.513. The standard InChI is InChI=1S/C14H13Br2ClFNO/c1-2-4-19-13(8-3-5-20-14(8)16)9-6-11(17)10(15)7-12(9)18/h3,5-7,13,19H,2,4H2,1H3. The average Bonchev–Trinajstić information content (AvgIpc) is 2.82. The lowest BCUT2D eigenvalue weighted by atomic mass is 10.0. The van der Waals surface area contributed by atoms with Crippen LogP contribution in [0, 0.1) is 5.82 Å². The van der Waals surface area contributed by atoms with Crippen LogP contribution in [0.2, 0.25) is 5.02 Å². The van der Waals surface area contributed by atoms with E-state index in [0.717, 1.165) is 18.5 Å². The first-order chi connectivity index (χ1) is 9.54. The molecule has 2 nitrogen and oxygen atoms in total. The predicted molar refractivity (Wildman–Crippen MR) is 85.7 cm³/mol. The molecular weight excluding hydrogens is 412 g/mol. The van der Waals surface area contributed by atoms with Crippen molar-refractivity contribution in [3.8, 4) is 0 Å². The molecule has 0 amide bonds. The van der Waals surface area contributed by atoms with Gasteiger partial charge in [0.05, 0.1) is 17.3 Å². The van der Waals surface area contributed by atoms with E-state index in [0.29, 0.717) is 19.7 Å². The zero-order chi connectivity index (χ0) is 14.7. The van der Waals surface area contributed by atoms with Gasteiger partial charge >= 0.3 is 0 Å². The maximum absolute atomic E-state index is 14.3. The Morgan fingerprint density at radius 1 is 1.35 bits per heavy atom. The second-order valence-electron chi connectivity index (χ2n) is 4.32. The Bertz CT molecular complexity index is 603. The van der Waals surface area contributed by atoms with Crippen molar-refractivity contribution >= 4 is 43.5 Å². The van der Waals surface area contributed by atoms with Gasteiger partial charge in [-0.15, -0.1) is 0 Å². The summed E-state index contributed by atoms with van der Waals surface area (Å²) >= 11 is 12.7. The fraction of sp³-hybridized carbons (Fsp3) is 0.286. The van der Waals surface area contributed by atoms with Crippen molar-refractivity contribution in [2.45, 2.75) is 19.4 Å². The second-order valence-corrected chi connectivity index (χ2v) is 6.31. The Morgan fingerprint density at radius 3 is 2.70 bits per heavy atom. The minimum Gasteiger partial charge on any atom is -0.457 e. The van der Waals surface area contributed by atoms with Gasteiger partial charge < -0.3 is 9.73 Å². The molecule has 0 aliphatic heterocycles. The molecule has 0 aliphatic rings. The van der Waals surface area contributed by atoms with Crippen LogP contribution < -0.4 is 5.32 Å². The summed E-state index contributed by atoms with van der Waals surface area (Å²) in [5.41, 5.74) is 1.34. The minimum atomic E-state index is -0.317. The Kier molecular flexibility index (Phi) is 5.66. The third-order valence-corrected chi connectivity index (χ3v) is 4.75.